The molecule has 2 bridgehead atoms. The summed E-state index contributed by atoms with van der Waals surface area (Å²) < 4.78 is 5.87. The molecule has 1 saturated heterocycles. The molecular weight excluding hydrogens is 310 g/mol. The van der Waals surface area contributed by atoms with Crippen molar-refractivity contribution in [2.75, 3.05) is 39.8 Å². The maximum atomic E-state index is 8.84. The van der Waals surface area contributed by atoms with Gasteiger partial charge in [0.2, 0.25) is 0 Å². The van der Waals surface area contributed by atoms with Gasteiger partial charge in [0.1, 0.15) is 12.4 Å². The summed E-state index contributed by atoms with van der Waals surface area (Å²) in [5, 5.41) is 8.84. The summed E-state index contributed by atoms with van der Waals surface area (Å²) in [6, 6.07) is 10.4. The van der Waals surface area contributed by atoms with Gasteiger partial charge in [-0.25, -0.2) is 0 Å². The molecule has 4 nitrogen and oxygen atoms in total. The normalized spacial score (nSPS) is 28.9. The molecule has 3 aliphatic rings. The van der Waals surface area contributed by atoms with Gasteiger partial charge in [-0.05, 0) is 74.8 Å². The molecule has 1 heterocycles. The Bertz CT molecular complexity index is 605. The highest BCUT2D eigenvalue weighted by molar-refractivity contribution is 5.34. The van der Waals surface area contributed by atoms with Crippen LogP contribution in [0.5, 0.6) is 5.75 Å². The number of hydrogen-bond acceptors (Lipinski definition) is 4. The van der Waals surface area contributed by atoms with Crippen LogP contribution in [0.25, 0.3) is 0 Å². The first-order valence-electron chi connectivity index (χ1n) is 9.78. The van der Waals surface area contributed by atoms with Crippen molar-refractivity contribution in [2.24, 2.45) is 17.8 Å². The summed E-state index contributed by atoms with van der Waals surface area (Å²) in [4.78, 5) is 5.29. The van der Waals surface area contributed by atoms with E-state index in [-0.39, 0.29) is 0 Å². The summed E-state index contributed by atoms with van der Waals surface area (Å²) in [6.07, 6.45) is 5.70. The first-order chi connectivity index (χ1) is 12.2. The number of nitrogens with zero attached hydrogens (tertiary/aromatic N) is 3. The van der Waals surface area contributed by atoms with Crippen LogP contribution in [0.1, 0.15) is 31.2 Å². The molecule has 0 spiro atoms. The van der Waals surface area contributed by atoms with E-state index in [1.807, 2.05) is 24.3 Å². The minimum atomic E-state index is 0.682. The molecule has 0 radical (unpaired) electrons. The maximum absolute atomic E-state index is 8.84. The second-order valence-corrected chi connectivity index (χ2v) is 8.22. The van der Waals surface area contributed by atoms with Crippen LogP contribution in [0.2, 0.25) is 0 Å². The molecule has 3 fully saturated rings. The van der Waals surface area contributed by atoms with Crippen LogP contribution in [0.3, 0.4) is 0 Å². The molecule has 2 saturated carbocycles. The summed E-state index contributed by atoms with van der Waals surface area (Å²) in [7, 11) is 2.36. The lowest BCUT2D eigenvalue weighted by atomic mass is 9.90. The zero-order valence-corrected chi connectivity index (χ0v) is 15.2. The Kier molecular flexibility index (Phi) is 4.96. The minimum absolute atomic E-state index is 0.682. The van der Waals surface area contributed by atoms with Gasteiger partial charge in [-0.15, -0.1) is 0 Å². The average molecular weight is 339 g/mol. The highest BCUT2D eigenvalue weighted by Gasteiger charge is 2.44. The number of likely N-dealkylation sites (tertiary alicyclic amines) is 1. The summed E-state index contributed by atoms with van der Waals surface area (Å²) in [5.74, 6) is 3.54. The van der Waals surface area contributed by atoms with Gasteiger partial charge in [0.05, 0.1) is 11.6 Å². The molecule has 1 aromatic rings. The van der Waals surface area contributed by atoms with E-state index in [9.17, 15) is 0 Å². The maximum Gasteiger partial charge on any atom is 0.119 e. The quantitative estimate of drug-likeness (QED) is 0.766. The Morgan fingerprint density at radius 1 is 1.12 bits per heavy atom. The number of benzene rings is 1. The van der Waals surface area contributed by atoms with Gasteiger partial charge < -0.3 is 9.64 Å². The molecule has 1 aliphatic heterocycles. The van der Waals surface area contributed by atoms with Crippen molar-refractivity contribution >= 4 is 0 Å². The monoisotopic (exact) mass is 339 g/mol. The standard InChI is InChI=1S/C21H29N3O/c1-23(13-17-2-3-17)21-18-6-7-19(21)15-24(14-18)10-11-25-20-8-4-16(12-22)5-9-20/h4-5,8-9,17-19,21H,2-3,6-7,10-11,13-15H2,1H3. The topological polar surface area (TPSA) is 39.5 Å². The first-order valence-corrected chi connectivity index (χ1v) is 9.78. The van der Waals surface area contributed by atoms with Gasteiger partial charge in [0.15, 0.2) is 0 Å². The number of ether oxygens (including phenoxy) is 1. The number of hydrogen-bond donors (Lipinski definition) is 0. The molecule has 4 heteroatoms. The molecule has 4 rings (SSSR count). The number of rotatable bonds is 7. The second-order valence-electron chi connectivity index (χ2n) is 8.22. The van der Waals surface area contributed by atoms with Crippen LogP contribution in [0.4, 0.5) is 0 Å². The Balaban J connectivity index is 1.24. The van der Waals surface area contributed by atoms with E-state index in [2.05, 4.69) is 22.9 Å². The molecule has 0 aromatic heterocycles. The molecule has 2 aliphatic carbocycles. The number of nitriles is 1. The first kappa shape index (κ1) is 16.9. The third-order valence-corrected chi connectivity index (χ3v) is 6.27. The van der Waals surface area contributed by atoms with Crippen molar-refractivity contribution < 1.29 is 4.74 Å². The highest BCUT2D eigenvalue weighted by Crippen LogP contribution is 2.41. The van der Waals surface area contributed by atoms with Gasteiger partial charge >= 0.3 is 0 Å². The lowest BCUT2D eigenvalue weighted by Gasteiger charge is -2.42. The van der Waals surface area contributed by atoms with Crippen molar-refractivity contribution in [3.05, 3.63) is 29.8 Å². The molecule has 25 heavy (non-hydrogen) atoms. The van der Waals surface area contributed by atoms with Crippen LogP contribution in [0.15, 0.2) is 24.3 Å². The Morgan fingerprint density at radius 3 is 2.40 bits per heavy atom. The highest BCUT2D eigenvalue weighted by atomic mass is 16.5. The SMILES string of the molecule is CN(CC1CC1)C1C2CCC1CN(CCOc1ccc(C#N)cc1)C2. The molecule has 134 valence electrons. The van der Waals surface area contributed by atoms with Crippen LogP contribution in [0, 0.1) is 29.1 Å². The van der Waals surface area contributed by atoms with Gasteiger partial charge in [0, 0.05) is 32.2 Å². The number of fused-ring (bicyclic) bond motifs is 2. The third-order valence-electron chi connectivity index (χ3n) is 6.27. The van der Waals surface area contributed by atoms with Gasteiger partial charge in [0.25, 0.3) is 0 Å². The van der Waals surface area contributed by atoms with Crippen molar-refractivity contribution in [3.8, 4) is 11.8 Å². The average Bonchev–Trinajstić information content (AvgIpc) is 3.39. The van der Waals surface area contributed by atoms with Crippen LogP contribution < -0.4 is 4.74 Å². The molecule has 2 atom stereocenters. The smallest absolute Gasteiger partial charge is 0.119 e. The second kappa shape index (κ2) is 7.35. The van der Waals surface area contributed by atoms with Crippen molar-refractivity contribution in [2.45, 2.75) is 31.7 Å². The molecule has 0 N–H and O–H groups in total. The summed E-state index contributed by atoms with van der Waals surface area (Å²) in [5.41, 5.74) is 0.682. The van der Waals surface area contributed by atoms with E-state index in [0.717, 1.165) is 42.7 Å². The van der Waals surface area contributed by atoms with Crippen LogP contribution >= 0.6 is 0 Å². The van der Waals surface area contributed by atoms with Crippen molar-refractivity contribution in [3.63, 3.8) is 0 Å². The summed E-state index contributed by atoms with van der Waals surface area (Å²) in [6.45, 7) is 5.51. The third kappa shape index (κ3) is 3.99. The fraction of sp³-hybridized carbons (Fsp3) is 0.667. The molecule has 0 amide bonds. The van der Waals surface area contributed by atoms with Gasteiger partial charge in [-0.1, -0.05) is 0 Å². The largest absolute Gasteiger partial charge is 0.492 e. The predicted octanol–water partition coefficient (Wildman–Crippen LogP) is 2.99. The fourth-order valence-corrected chi connectivity index (χ4v) is 4.94. The summed E-state index contributed by atoms with van der Waals surface area (Å²) >= 11 is 0. The zero-order valence-electron chi connectivity index (χ0n) is 15.2. The van der Waals surface area contributed by atoms with Crippen molar-refractivity contribution in [1.82, 2.24) is 9.80 Å². The van der Waals surface area contributed by atoms with E-state index < -0.39 is 0 Å². The lowest BCUT2D eigenvalue weighted by molar-refractivity contribution is 0.0529. The Hall–Kier alpha value is -1.57. The predicted molar refractivity (Wildman–Crippen MR) is 98.4 cm³/mol. The number of piperidine rings is 1. The Morgan fingerprint density at radius 2 is 1.80 bits per heavy atom. The lowest BCUT2D eigenvalue weighted by Crippen LogP contribution is -2.52. The van der Waals surface area contributed by atoms with Crippen LogP contribution in [-0.2, 0) is 0 Å². The van der Waals surface area contributed by atoms with E-state index >= 15 is 0 Å². The van der Waals surface area contributed by atoms with Crippen molar-refractivity contribution in [1.29, 1.82) is 5.26 Å². The minimum Gasteiger partial charge on any atom is -0.492 e. The van der Waals surface area contributed by atoms with E-state index in [1.54, 1.807) is 0 Å². The molecule has 2 unspecified atom stereocenters. The van der Waals surface area contributed by atoms with Gasteiger partial charge in [-0.3, -0.25) is 4.90 Å². The van der Waals surface area contributed by atoms with E-state index in [4.69, 9.17) is 10.00 Å². The molecule has 1 aromatic carbocycles. The molecular formula is C21H29N3O. The fourth-order valence-electron chi connectivity index (χ4n) is 4.94. The zero-order chi connectivity index (χ0) is 17.2. The van der Waals surface area contributed by atoms with Gasteiger partial charge in [-0.2, -0.15) is 5.26 Å². The Labute approximate surface area is 151 Å². The van der Waals surface area contributed by atoms with Crippen LogP contribution in [-0.4, -0.2) is 55.7 Å². The van der Waals surface area contributed by atoms with E-state index in [1.165, 1.54) is 45.3 Å². The van der Waals surface area contributed by atoms with E-state index in [0.29, 0.717) is 5.56 Å².